The van der Waals surface area contributed by atoms with E-state index in [9.17, 15) is 0 Å². The molecule has 0 aromatic heterocycles. The molecule has 12 heavy (non-hydrogen) atoms. The Kier molecular flexibility index (Phi) is 3.57. The van der Waals surface area contributed by atoms with Crippen molar-refractivity contribution in [2.75, 3.05) is 0 Å². The summed E-state index contributed by atoms with van der Waals surface area (Å²) < 4.78 is 1.77. The van der Waals surface area contributed by atoms with Gasteiger partial charge < -0.3 is 0 Å². The van der Waals surface area contributed by atoms with Gasteiger partial charge in [-0.05, 0) is 49.6 Å². The van der Waals surface area contributed by atoms with Gasteiger partial charge in [-0.15, -0.1) is 11.6 Å². The maximum Gasteiger partial charge on any atom is 0.0995 e. The van der Waals surface area contributed by atoms with Gasteiger partial charge in [-0.25, -0.2) is 0 Å². The quantitative estimate of drug-likeness (QED) is 0.723. The molecule has 0 aliphatic heterocycles. The number of hydrogen-bond acceptors (Lipinski definition) is 1. The van der Waals surface area contributed by atoms with Gasteiger partial charge in [-0.3, -0.25) is 0 Å². The van der Waals surface area contributed by atoms with Gasteiger partial charge in [0.05, 0.1) is 11.6 Å². The third kappa shape index (κ3) is 1.82. The van der Waals surface area contributed by atoms with E-state index in [1.807, 2.05) is 6.07 Å². The summed E-state index contributed by atoms with van der Waals surface area (Å²) >= 11 is 12.4. The molecule has 0 fully saturated rings. The summed E-state index contributed by atoms with van der Waals surface area (Å²) in [5.74, 6) is 0.336. The molecule has 0 unspecified atom stereocenters. The van der Waals surface area contributed by atoms with Crippen LogP contribution in [0.5, 0.6) is 0 Å². The van der Waals surface area contributed by atoms with Crippen molar-refractivity contribution in [3.05, 3.63) is 32.2 Å². The average molecular weight is 309 g/mol. The van der Waals surface area contributed by atoms with E-state index in [4.69, 9.17) is 16.9 Å². The van der Waals surface area contributed by atoms with Crippen LogP contribution in [0.1, 0.15) is 11.1 Å². The summed E-state index contributed by atoms with van der Waals surface area (Å²) in [6.07, 6.45) is 0. The fraction of sp³-hybridized carbons (Fsp3) is 0.125. The molecular weight excluding hydrogens is 305 g/mol. The van der Waals surface area contributed by atoms with Gasteiger partial charge in [0.25, 0.3) is 0 Å². The molecule has 0 saturated carbocycles. The van der Waals surface area contributed by atoms with E-state index in [1.54, 1.807) is 6.07 Å². The molecule has 4 heteroatoms. The Labute approximate surface area is 92.6 Å². The van der Waals surface area contributed by atoms with E-state index < -0.39 is 0 Å². The van der Waals surface area contributed by atoms with Crippen LogP contribution in [0.3, 0.4) is 0 Å². The van der Waals surface area contributed by atoms with Crippen molar-refractivity contribution in [1.82, 2.24) is 0 Å². The highest BCUT2D eigenvalue weighted by Gasteiger charge is 2.07. The lowest BCUT2D eigenvalue weighted by Crippen LogP contribution is -1.88. The highest BCUT2D eigenvalue weighted by Crippen LogP contribution is 2.30. The Bertz CT molecular complexity index is 344. The van der Waals surface area contributed by atoms with E-state index in [1.165, 1.54) is 0 Å². The van der Waals surface area contributed by atoms with Gasteiger partial charge >= 0.3 is 0 Å². The topological polar surface area (TPSA) is 23.8 Å². The van der Waals surface area contributed by atoms with Gasteiger partial charge in [-0.1, -0.05) is 0 Å². The van der Waals surface area contributed by atoms with Crippen LogP contribution in [0.4, 0.5) is 0 Å². The van der Waals surface area contributed by atoms with E-state index in [0.29, 0.717) is 11.4 Å². The van der Waals surface area contributed by atoms with Crippen LogP contribution < -0.4 is 0 Å². The molecule has 0 amide bonds. The van der Waals surface area contributed by atoms with Crippen LogP contribution >= 0.6 is 43.5 Å². The standard InChI is InChI=1S/C8H4Br2ClN/c9-7-2-1-5(4-12)6(3-11)8(7)10/h1-2H,3H2. The lowest BCUT2D eigenvalue weighted by atomic mass is 10.1. The number of benzene rings is 1. The van der Waals surface area contributed by atoms with E-state index >= 15 is 0 Å². The molecule has 0 bridgehead atoms. The molecule has 0 saturated heterocycles. The zero-order valence-electron chi connectivity index (χ0n) is 5.94. The number of nitriles is 1. The molecule has 0 aliphatic rings. The predicted molar refractivity (Wildman–Crippen MR) is 56.1 cm³/mol. The van der Waals surface area contributed by atoms with Gasteiger partial charge in [0.2, 0.25) is 0 Å². The molecular formula is C8H4Br2ClN. The molecule has 0 aliphatic carbocycles. The second kappa shape index (κ2) is 4.27. The molecule has 0 atom stereocenters. The third-order valence-electron chi connectivity index (χ3n) is 1.45. The van der Waals surface area contributed by atoms with E-state index in [0.717, 1.165) is 14.5 Å². The zero-order valence-corrected chi connectivity index (χ0v) is 9.87. The number of rotatable bonds is 1. The molecule has 0 heterocycles. The molecule has 62 valence electrons. The SMILES string of the molecule is N#Cc1ccc(Br)c(Br)c1CCl. The summed E-state index contributed by atoms with van der Waals surface area (Å²) in [5.41, 5.74) is 1.44. The summed E-state index contributed by atoms with van der Waals surface area (Å²) in [4.78, 5) is 0. The normalized spacial score (nSPS) is 9.50. The largest absolute Gasteiger partial charge is 0.192 e. The molecule has 0 spiro atoms. The van der Waals surface area contributed by atoms with Crippen molar-refractivity contribution >= 4 is 43.5 Å². The average Bonchev–Trinajstić information content (AvgIpc) is 2.09. The first kappa shape index (κ1) is 10.0. The number of halogens is 3. The minimum absolute atomic E-state index is 0.336. The van der Waals surface area contributed by atoms with Crippen molar-refractivity contribution < 1.29 is 0 Å². The van der Waals surface area contributed by atoms with E-state index in [2.05, 4.69) is 37.9 Å². The van der Waals surface area contributed by atoms with Crippen molar-refractivity contribution in [2.45, 2.75) is 5.88 Å². The highest BCUT2D eigenvalue weighted by atomic mass is 79.9. The maximum absolute atomic E-state index is 8.72. The molecule has 0 radical (unpaired) electrons. The summed E-state index contributed by atoms with van der Waals surface area (Å²) in [6.45, 7) is 0. The lowest BCUT2D eigenvalue weighted by Gasteiger charge is -2.03. The van der Waals surface area contributed by atoms with E-state index in [-0.39, 0.29) is 0 Å². The fourth-order valence-corrected chi connectivity index (χ4v) is 2.12. The van der Waals surface area contributed by atoms with Crippen LogP contribution in [0.25, 0.3) is 0 Å². The first-order valence-electron chi connectivity index (χ1n) is 3.13. The molecule has 1 aromatic rings. The highest BCUT2D eigenvalue weighted by molar-refractivity contribution is 9.13. The van der Waals surface area contributed by atoms with Crippen molar-refractivity contribution in [3.63, 3.8) is 0 Å². The van der Waals surface area contributed by atoms with Crippen molar-refractivity contribution in [1.29, 1.82) is 5.26 Å². The summed E-state index contributed by atoms with van der Waals surface area (Å²) in [6, 6.07) is 5.64. The van der Waals surface area contributed by atoms with Crippen LogP contribution in [-0.4, -0.2) is 0 Å². The van der Waals surface area contributed by atoms with Crippen molar-refractivity contribution in [3.8, 4) is 6.07 Å². The fourth-order valence-electron chi connectivity index (χ4n) is 0.828. The van der Waals surface area contributed by atoms with Gasteiger partial charge in [0.1, 0.15) is 0 Å². The smallest absolute Gasteiger partial charge is 0.0995 e. The second-order valence-corrected chi connectivity index (χ2v) is 4.05. The molecule has 1 nitrogen and oxygen atoms in total. The van der Waals surface area contributed by atoms with Crippen LogP contribution in [0.2, 0.25) is 0 Å². The third-order valence-corrected chi connectivity index (χ3v) is 3.82. The number of hydrogen-bond donors (Lipinski definition) is 0. The van der Waals surface area contributed by atoms with Gasteiger partial charge in [0, 0.05) is 14.8 Å². The first-order chi connectivity index (χ1) is 5.70. The van der Waals surface area contributed by atoms with Crippen LogP contribution in [0, 0.1) is 11.3 Å². The minimum Gasteiger partial charge on any atom is -0.192 e. The van der Waals surface area contributed by atoms with Gasteiger partial charge in [-0.2, -0.15) is 5.26 Å². The van der Waals surface area contributed by atoms with Crippen LogP contribution in [0.15, 0.2) is 21.1 Å². The minimum atomic E-state index is 0.336. The Balaban J connectivity index is 3.38. The monoisotopic (exact) mass is 307 g/mol. The zero-order chi connectivity index (χ0) is 9.14. The molecule has 1 rings (SSSR count). The Morgan fingerprint density at radius 2 is 2.08 bits per heavy atom. The Hall–Kier alpha value is -0.0400. The maximum atomic E-state index is 8.72. The Morgan fingerprint density at radius 3 is 2.58 bits per heavy atom. The molecule has 0 N–H and O–H groups in total. The lowest BCUT2D eigenvalue weighted by molar-refractivity contribution is 1.31. The van der Waals surface area contributed by atoms with Gasteiger partial charge in [0.15, 0.2) is 0 Å². The Morgan fingerprint density at radius 1 is 1.42 bits per heavy atom. The summed E-state index contributed by atoms with van der Waals surface area (Å²) in [7, 11) is 0. The predicted octanol–water partition coefficient (Wildman–Crippen LogP) is 3.82. The first-order valence-corrected chi connectivity index (χ1v) is 5.25. The summed E-state index contributed by atoms with van der Waals surface area (Å²) in [5, 5.41) is 8.72. The molecule has 1 aromatic carbocycles. The van der Waals surface area contributed by atoms with Crippen molar-refractivity contribution in [2.24, 2.45) is 0 Å². The second-order valence-electron chi connectivity index (χ2n) is 2.13. The van der Waals surface area contributed by atoms with Crippen LogP contribution in [-0.2, 0) is 5.88 Å². The number of nitrogens with zero attached hydrogens (tertiary/aromatic N) is 1. The number of alkyl halides is 1.